The first-order chi connectivity index (χ1) is 10.8. The Labute approximate surface area is 142 Å². The first-order valence-corrected chi connectivity index (χ1v) is 8.08. The Morgan fingerprint density at radius 2 is 1.74 bits per heavy atom. The summed E-state index contributed by atoms with van der Waals surface area (Å²) in [5.41, 5.74) is 1.93. The van der Waals surface area contributed by atoms with Crippen LogP contribution in [0, 0.1) is 5.92 Å². The fourth-order valence-corrected chi connectivity index (χ4v) is 3.52. The van der Waals surface area contributed by atoms with Crippen molar-refractivity contribution < 1.29 is 31.4 Å². The summed E-state index contributed by atoms with van der Waals surface area (Å²) in [6, 6.07) is 3.88. The minimum Gasteiger partial charge on any atom is -1.00 e. The molecule has 4 rings (SSSR count). The summed E-state index contributed by atoms with van der Waals surface area (Å²) >= 11 is 0. The molecule has 1 aromatic rings. The largest absolute Gasteiger partial charge is 1.00 e. The second kappa shape index (κ2) is 7.07. The van der Waals surface area contributed by atoms with Crippen molar-refractivity contribution in [1.29, 1.82) is 0 Å². The third kappa shape index (κ3) is 3.32. The quantitative estimate of drug-likeness (QED) is 0.659. The van der Waals surface area contributed by atoms with Gasteiger partial charge < -0.3 is 26.6 Å². The van der Waals surface area contributed by atoms with E-state index >= 15 is 0 Å². The highest BCUT2D eigenvalue weighted by Gasteiger charge is 2.31. The van der Waals surface area contributed by atoms with Crippen LogP contribution in [0.4, 0.5) is 0 Å². The monoisotopic (exact) mass is 338 g/mol. The van der Waals surface area contributed by atoms with E-state index in [1.165, 1.54) is 0 Å². The summed E-state index contributed by atoms with van der Waals surface area (Å²) in [5, 5.41) is 0. The Hall–Kier alpha value is -1.30. The van der Waals surface area contributed by atoms with Crippen LogP contribution in [0.15, 0.2) is 12.1 Å². The number of carbonyl (C=O) groups is 1. The van der Waals surface area contributed by atoms with Crippen LogP contribution in [0.2, 0.25) is 0 Å². The topological polar surface area (TPSA) is 48.0 Å². The molecule has 0 N–H and O–H groups in total. The van der Waals surface area contributed by atoms with Crippen LogP contribution in [0.3, 0.4) is 0 Å². The maximum atomic E-state index is 12.8. The van der Waals surface area contributed by atoms with Gasteiger partial charge in [-0.2, -0.15) is 0 Å². The molecule has 126 valence electrons. The second-order valence-corrected chi connectivity index (χ2v) is 6.17. The van der Waals surface area contributed by atoms with Crippen LogP contribution in [0.25, 0.3) is 0 Å². The highest BCUT2D eigenvalue weighted by molar-refractivity contribution is 6.01. The number of benzene rings is 1. The first kappa shape index (κ1) is 16.6. The molecular formula is C17H21ClNO4-. The maximum absolute atomic E-state index is 12.8. The molecule has 0 spiro atoms. The van der Waals surface area contributed by atoms with Crippen molar-refractivity contribution in [2.75, 3.05) is 46.1 Å². The Balaban J connectivity index is 0.00000156. The van der Waals surface area contributed by atoms with Gasteiger partial charge in [-0.25, -0.2) is 0 Å². The van der Waals surface area contributed by atoms with Crippen molar-refractivity contribution in [2.45, 2.75) is 12.8 Å². The molecule has 1 aromatic carbocycles. The van der Waals surface area contributed by atoms with Gasteiger partial charge in [-0.05, 0) is 30.5 Å². The molecule has 1 saturated heterocycles. The molecule has 1 fully saturated rings. The standard InChI is InChI=1S/C17H21NO4.ClH/c19-17-13(11-18-3-5-20-6-4-18)2-1-12-9-15-16(10-14(12)17)22-8-7-21-15;/h9-10,13H,1-8,11H2;1H/p-1. The van der Waals surface area contributed by atoms with Gasteiger partial charge in [0, 0.05) is 31.1 Å². The van der Waals surface area contributed by atoms with Gasteiger partial charge in [0.05, 0.1) is 13.2 Å². The Morgan fingerprint density at radius 3 is 2.48 bits per heavy atom. The lowest BCUT2D eigenvalue weighted by molar-refractivity contribution is -0.0000137. The van der Waals surface area contributed by atoms with Gasteiger partial charge in [-0.1, -0.05) is 0 Å². The number of morpholine rings is 1. The lowest BCUT2D eigenvalue weighted by Gasteiger charge is -2.32. The lowest BCUT2D eigenvalue weighted by atomic mass is 9.82. The summed E-state index contributed by atoms with van der Waals surface area (Å²) in [6.07, 6.45) is 1.86. The number of hydrogen-bond donors (Lipinski definition) is 0. The fourth-order valence-electron chi connectivity index (χ4n) is 3.52. The molecule has 5 nitrogen and oxygen atoms in total. The molecule has 1 unspecified atom stereocenters. The number of nitrogens with zero attached hydrogens (tertiary/aromatic N) is 1. The number of fused-ring (bicyclic) bond motifs is 2. The van der Waals surface area contributed by atoms with Gasteiger partial charge in [-0.3, -0.25) is 9.69 Å². The normalized spacial score (nSPS) is 23.8. The SMILES string of the molecule is O=C1c2cc3c(cc2CCC1CN1CCOCC1)OCCO3.[Cl-]. The van der Waals surface area contributed by atoms with Crippen LogP contribution >= 0.6 is 0 Å². The molecule has 2 aliphatic heterocycles. The van der Waals surface area contributed by atoms with Crippen molar-refractivity contribution >= 4 is 5.78 Å². The highest BCUT2D eigenvalue weighted by atomic mass is 35.5. The van der Waals surface area contributed by atoms with Crippen molar-refractivity contribution in [3.63, 3.8) is 0 Å². The zero-order chi connectivity index (χ0) is 14.9. The van der Waals surface area contributed by atoms with E-state index in [4.69, 9.17) is 14.2 Å². The molecule has 1 aliphatic carbocycles. The summed E-state index contributed by atoms with van der Waals surface area (Å²) in [7, 11) is 0. The van der Waals surface area contributed by atoms with Crippen molar-refractivity contribution in [2.24, 2.45) is 5.92 Å². The number of ether oxygens (including phenoxy) is 3. The van der Waals surface area contributed by atoms with Crippen LogP contribution in [0.1, 0.15) is 22.3 Å². The smallest absolute Gasteiger partial charge is 0.167 e. The highest BCUT2D eigenvalue weighted by Crippen LogP contribution is 2.37. The summed E-state index contributed by atoms with van der Waals surface area (Å²) < 4.78 is 16.6. The molecule has 3 aliphatic rings. The van der Waals surface area contributed by atoms with E-state index < -0.39 is 0 Å². The van der Waals surface area contributed by atoms with Crippen LogP contribution in [0.5, 0.6) is 11.5 Å². The Bertz CT molecular complexity index is 586. The summed E-state index contributed by atoms with van der Waals surface area (Å²) in [5.74, 6) is 1.84. The minimum atomic E-state index is 0. The number of rotatable bonds is 2. The fraction of sp³-hybridized carbons (Fsp3) is 0.588. The summed E-state index contributed by atoms with van der Waals surface area (Å²) in [4.78, 5) is 15.2. The van der Waals surface area contributed by atoms with Crippen molar-refractivity contribution in [3.8, 4) is 11.5 Å². The van der Waals surface area contributed by atoms with E-state index in [0.29, 0.717) is 19.0 Å². The van der Waals surface area contributed by atoms with Crippen molar-refractivity contribution in [3.05, 3.63) is 23.3 Å². The van der Waals surface area contributed by atoms with Crippen LogP contribution in [-0.2, 0) is 11.2 Å². The molecule has 0 radical (unpaired) electrons. The molecule has 6 heteroatoms. The maximum Gasteiger partial charge on any atom is 0.167 e. The number of hydrogen-bond acceptors (Lipinski definition) is 5. The third-order valence-corrected chi connectivity index (χ3v) is 4.75. The number of Topliss-reactive ketones (excluding diaryl/α,β-unsaturated/α-hetero) is 1. The number of halogens is 1. The lowest BCUT2D eigenvalue weighted by Crippen LogP contribution is -3.00. The van der Waals surface area contributed by atoms with Gasteiger partial charge in [0.2, 0.25) is 0 Å². The number of ketones is 1. The van der Waals surface area contributed by atoms with E-state index in [2.05, 4.69) is 4.90 Å². The van der Waals surface area contributed by atoms with E-state index in [1.54, 1.807) is 0 Å². The van der Waals surface area contributed by atoms with Gasteiger partial charge in [0.1, 0.15) is 13.2 Å². The van der Waals surface area contributed by atoms with Crippen LogP contribution in [-0.4, -0.2) is 56.7 Å². The Kier molecular flexibility index (Phi) is 5.09. The summed E-state index contributed by atoms with van der Waals surface area (Å²) in [6.45, 7) is 5.38. The third-order valence-electron chi connectivity index (χ3n) is 4.75. The second-order valence-electron chi connectivity index (χ2n) is 6.17. The average molecular weight is 339 g/mol. The number of aryl methyl sites for hydroxylation is 1. The molecule has 23 heavy (non-hydrogen) atoms. The minimum absolute atomic E-state index is 0. The van der Waals surface area contributed by atoms with Gasteiger partial charge in [0.15, 0.2) is 17.3 Å². The van der Waals surface area contributed by atoms with E-state index in [0.717, 1.165) is 62.6 Å². The van der Waals surface area contributed by atoms with E-state index in [9.17, 15) is 4.79 Å². The van der Waals surface area contributed by atoms with Crippen LogP contribution < -0.4 is 21.9 Å². The van der Waals surface area contributed by atoms with E-state index in [-0.39, 0.29) is 24.1 Å². The Morgan fingerprint density at radius 1 is 1.04 bits per heavy atom. The number of carbonyl (C=O) groups excluding carboxylic acids is 1. The molecule has 2 heterocycles. The van der Waals surface area contributed by atoms with Gasteiger partial charge in [0.25, 0.3) is 0 Å². The van der Waals surface area contributed by atoms with E-state index in [1.807, 2.05) is 12.1 Å². The van der Waals surface area contributed by atoms with Gasteiger partial charge in [-0.15, -0.1) is 0 Å². The molecule has 0 amide bonds. The zero-order valence-corrected chi connectivity index (χ0v) is 13.8. The molecular weight excluding hydrogens is 318 g/mol. The molecule has 0 aromatic heterocycles. The first-order valence-electron chi connectivity index (χ1n) is 8.08. The average Bonchev–Trinajstić information content (AvgIpc) is 2.57. The molecule has 1 atom stereocenters. The molecule has 0 bridgehead atoms. The van der Waals surface area contributed by atoms with Crippen molar-refractivity contribution in [1.82, 2.24) is 4.90 Å². The van der Waals surface area contributed by atoms with Gasteiger partial charge >= 0.3 is 0 Å². The zero-order valence-electron chi connectivity index (χ0n) is 13.1. The predicted molar refractivity (Wildman–Crippen MR) is 80.8 cm³/mol. The molecule has 0 saturated carbocycles. The predicted octanol–water partition coefficient (Wildman–Crippen LogP) is -1.46.